The smallest absolute Gasteiger partial charge is 0.333 e. The topological polar surface area (TPSA) is 117 Å². The highest BCUT2D eigenvalue weighted by Gasteiger charge is 2.18. The number of methoxy groups -OCH3 is 2. The summed E-state index contributed by atoms with van der Waals surface area (Å²) in [6.45, 7) is -0.429. The van der Waals surface area contributed by atoms with Crippen molar-refractivity contribution in [3.63, 3.8) is 0 Å². The molecular weight excluding hydrogens is 462 g/mol. The van der Waals surface area contributed by atoms with Gasteiger partial charge in [0.2, 0.25) is 5.91 Å². The van der Waals surface area contributed by atoms with Crippen LogP contribution >= 0.6 is 11.6 Å². The zero-order chi connectivity index (χ0) is 24.2. The second-order valence-electron chi connectivity index (χ2n) is 7.23. The molecule has 0 unspecified atom stereocenters. The van der Waals surface area contributed by atoms with E-state index in [1.165, 1.54) is 26.6 Å². The minimum Gasteiger partial charge on any atom is -0.497 e. The summed E-state index contributed by atoms with van der Waals surface area (Å²) < 4.78 is 12.6. The molecule has 0 bridgehead atoms. The highest BCUT2D eigenvalue weighted by molar-refractivity contribution is 6.30. The number of nitrogens with zero attached hydrogens (tertiary/aromatic N) is 4. The fourth-order valence-electron chi connectivity index (χ4n) is 3.43. The van der Waals surface area contributed by atoms with Gasteiger partial charge in [-0.3, -0.25) is 18.7 Å². The molecule has 4 rings (SSSR count). The van der Waals surface area contributed by atoms with Crippen LogP contribution in [-0.4, -0.2) is 39.2 Å². The molecule has 174 valence electrons. The number of fused-ring (bicyclic) bond motifs is 1. The van der Waals surface area contributed by atoms with Crippen molar-refractivity contribution >= 4 is 34.4 Å². The number of anilines is 1. The number of halogens is 1. The average Bonchev–Trinajstić information content (AvgIpc) is 2.85. The number of aromatic nitrogens is 4. The third-order valence-electron chi connectivity index (χ3n) is 5.08. The number of amides is 1. The normalized spacial score (nSPS) is 10.8. The maximum absolute atomic E-state index is 13.3. The van der Waals surface area contributed by atoms with Crippen molar-refractivity contribution in [3.05, 3.63) is 86.3 Å². The van der Waals surface area contributed by atoms with Crippen LogP contribution in [0.15, 0.2) is 64.4 Å². The van der Waals surface area contributed by atoms with E-state index in [2.05, 4.69) is 15.3 Å². The Kier molecular flexibility index (Phi) is 6.60. The molecule has 0 aliphatic carbocycles. The summed E-state index contributed by atoms with van der Waals surface area (Å²) in [5.74, 6) is 0.400. The van der Waals surface area contributed by atoms with Gasteiger partial charge in [-0.2, -0.15) is 0 Å². The minimum absolute atomic E-state index is 0.0117. The minimum atomic E-state index is -0.694. The number of ether oxygens (including phenoxy) is 2. The highest BCUT2D eigenvalue weighted by Crippen LogP contribution is 2.28. The molecule has 2 aromatic carbocycles. The van der Waals surface area contributed by atoms with E-state index in [0.29, 0.717) is 27.8 Å². The largest absolute Gasteiger partial charge is 0.497 e. The molecule has 1 amide bonds. The van der Waals surface area contributed by atoms with Gasteiger partial charge in [0, 0.05) is 23.5 Å². The zero-order valence-electron chi connectivity index (χ0n) is 18.3. The molecule has 0 saturated carbocycles. The quantitative estimate of drug-likeness (QED) is 0.430. The Bertz CT molecular complexity index is 1480. The van der Waals surface area contributed by atoms with Crippen molar-refractivity contribution in [1.82, 2.24) is 19.1 Å². The van der Waals surface area contributed by atoms with Crippen LogP contribution in [0.3, 0.4) is 0 Å². The number of hydrogen-bond donors (Lipinski definition) is 1. The lowest BCUT2D eigenvalue weighted by molar-refractivity contribution is -0.116. The van der Waals surface area contributed by atoms with Gasteiger partial charge in [-0.05, 0) is 29.8 Å². The fraction of sp³-hybridized carbons (Fsp3) is 0.174. The molecule has 11 heteroatoms. The number of carbonyl (C=O) groups is 1. The molecule has 0 saturated heterocycles. The van der Waals surface area contributed by atoms with E-state index in [-0.39, 0.29) is 17.7 Å². The molecule has 1 N–H and O–H groups in total. The molecule has 2 heterocycles. The molecule has 2 aromatic heterocycles. The first-order valence-corrected chi connectivity index (χ1v) is 10.5. The number of benzene rings is 2. The van der Waals surface area contributed by atoms with E-state index < -0.39 is 23.7 Å². The third kappa shape index (κ3) is 4.62. The predicted molar refractivity (Wildman–Crippen MR) is 127 cm³/mol. The number of nitrogens with one attached hydrogen (secondary N) is 1. The van der Waals surface area contributed by atoms with Crippen molar-refractivity contribution in [2.75, 3.05) is 19.5 Å². The first kappa shape index (κ1) is 23.0. The Morgan fingerprint density at radius 1 is 1.00 bits per heavy atom. The van der Waals surface area contributed by atoms with Crippen LogP contribution < -0.4 is 26.0 Å². The van der Waals surface area contributed by atoms with Crippen LogP contribution in [0.2, 0.25) is 5.02 Å². The maximum atomic E-state index is 13.3. The molecule has 0 aliphatic rings. The first-order chi connectivity index (χ1) is 16.4. The molecule has 0 spiro atoms. The van der Waals surface area contributed by atoms with E-state index in [4.69, 9.17) is 21.1 Å². The van der Waals surface area contributed by atoms with Gasteiger partial charge in [-0.15, -0.1) is 0 Å². The van der Waals surface area contributed by atoms with Crippen LogP contribution in [0.1, 0.15) is 5.56 Å². The summed E-state index contributed by atoms with van der Waals surface area (Å²) in [7, 11) is 2.97. The van der Waals surface area contributed by atoms with E-state index >= 15 is 0 Å². The van der Waals surface area contributed by atoms with Crippen molar-refractivity contribution in [2.45, 2.75) is 13.1 Å². The van der Waals surface area contributed by atoms with Crippen molar-refractivity contribution in [3.8, 4) is 11.5 Å². The summed E-state index contributed by atoms with van der Waals surface area (Å²) >= 11 is 5.93. The van der Waals surface area contributed by atoms with E-state index in [1.54, 1.807) is 42.5 Å². The van der Waals surface area contributed by atoms with Crippen molar-refractivity contribution in [2.24, 2.45) is 0 Å². The van der Waals surface area contributed by atoms with Gasteiger partial charge in [-0.1, -0.05) is 23.7 Å². The monoisotopic (exact) mass is 481 g/mol. The Balaban J connectivity index is 1.74. The lowest BCUT2D eigenvalue weighted by atomic mass is 10.2. The Hall–Kier alpha value is -4.18. The Labute approximate surface area is 198 Å². The fourth-order valence-corrected chi connectivity index (χ4v) is 3.56. The molecule has 34 heavy (non-hydrogen) atoms. The van der Waals surface area contributed by atoms with Gasteiger partial charge < -0.3 is 14.8 Å². The summed E-state index contributed by atoms with van der Waals surface area (Å²) in [6, 6.07) is 11.7. The summed E-state index contributed by atoms with van der Waals surface area (Å²) in [4.78, 5) is 47.4. The number of hydrogen-bond acceptors (Lipinski definition) is 7. The van der Waals surface area contributed by atoms with E-state index in [1.807, 2.05) is 0 Å². The molecule has 0 radical (unpaired) electrons. The molecule has 10 nitrogen and oxygen atoms in total. The molecule has 0 fully saturated rings. The van der Waals surface area contributed by atoms with Crippen molar-refractivity contribution < 1.29 is 14.3 Å². The van der Waals surface area contributed by atoms with Crippen LogP contribution in [-0.2, 0) is 17.9 Å². The lowest BCUT2D eigenvalue weighted by Crippen LogP contribution is -2.42. The summed E-state index contributed by atoms with van der Waals surface area (Å²) in [5.41, 5.74) is -0.260. The van der Waals surface area contributed by atoms with Crippen LogP contribution in [0.4, 0.5) is 5.69 Å². The van der Waals surface area contributed by atoms with Crippen LogP contribution in [0.5, 0.6) is 11.5 Å². The van der Waals surface area contributed by atoms with Crippen molar-refractivity contribution in [1.29, 1.82) is 0 Å². The van der Waals surface area contributed by atoms with Gasteiger partial charge in [0.15, 0.2) is 11.2 Å². The lowest BCUT2D eigenvalue weighted by Gasteiger charge is -2.14. The SMILES string of the molecule is COc1ccc(OC)c(NC(=O)Cn2c(=O)n(Cc3ccc(Cl)cc3)c(=O)c3nccnc32)c1. The van der Waals surface area contributed by atoms with Gasteiger partial charge in [0.1, 0.15) is 18.0 Å². The molecular formula is C23H20ClN5O5. The first-order valence-electron chi connectivity index (χ1n) is 10.1. The van der Waals surface area contributed by atoms with Crippen LogP contribution in [0, 0.1) is 0 Å². The van der Waals surface area contributed by atoms with E-state index in [9.17, 15) is 14.4 Å². The molecule has 0 aliphatic heterocycles. The second kappa shape index (κ2) is 9.75. The van der Waals surface area contributed by atoms with Gasteiger partial charge in [-0.25, -0.2) is 14.8 Å². The summed E-state index contributed by atoms with van der Waals surface area (Å²) in [5, 5.41) is 3.24. The summed E-state index contributed by atoms with van der Waals surface area (Å²) in [6.07, 6.45) is 2.70. The maximum Gasteiger partial charge on any atom is 0.333 e. The Morgan fingerprint density at radius 2 is 1.74 bits per heavy atom. The number of rotatable bonds is 7. The molecule has 0 atom stereocenters. The van der Waals surface area contributed by atoms with Gasteiger partial charge in [0.25, 0.3) is 5.56 Å². The third-order valence-corrected chi connectivity index (χ3v) is 5.33. The standard InChI is InChI=1S/C23H20ClN5O5/c1-33-16-7-8-18(34-2)17(11-16)27-19(30)13-28-21-20(25-9-10-26-21)22(31)29(23(28)32)12-14-3-5-15(24)6-4-14/h3-11H,12-13H2,1-2H3,(H,27,30). The zero-order valence-corrected chi connectivity index (χ0v) is 19.1. The van der Waals surface area contributed by atoms with E-state index in [0.717, 1.165) is 9.13 Å². The number of carbonyl (C=O) groups excluding carboxylic acids is 1. The predicted octanol–water partition coefficient (Wildman–Crippen LogP) is 2.31. The van der Waals surface area contributed by atoms with Gasteiger partial charge in [0.05, 0.1) is 26.5 Å². The second-order valence-corrected chi connectivity index (χ2v) is 7.67. The highest BCUT2D eigenvalue weighted by atomic mass is 35.5. The molecule has 4 aromatic rings. The van der Waals surface area contributed by atoms with Gasteiger partial charge >= 0.3 is 5.69 Å². The Morgan fingerprint density at radius 3 is 2.44 bits per heavy atom. The van der Waals surface area contributed by atoms with Crippen LogP contribution in [0.25, 0.3) is 11.2 Å². The average molecular weight is 482 g/mol.